The smallest absolute Gasteiger partial charge is 0.225 e. The average Bonchev–Trinajstić information content (AvgIpc) is 2.53. The third-order valence-corrected chi connectivity index (χ3v) is 4.03. The van der Waals surface area contributed by atoms with Gasteiger partial charge in [0.15, 0.2) is 0 Å². The van der Waals surface area contributed by atoms with E-state index in [0.29, 0.717) is 6.42 Å². The molecule has 2 unspecified atom stereocenters. The maximum absolute atomic E-state index is 12.2. The van der Waals surface area contributed by atoms with Crippen molar-refractivity contribution in [1.29, 1.82) is 0 Å². The summed E-state index contributed by atoms with van der Waals surface area (Å²) in [5.41, 5.74) is 7.05. The molecule has 0 bridgehead atoms. The highest BCUT2D eigenvalue weighted by Gasteiger charge is 2.44. The SMILES string of the molecule is CC(C)(C)N1C(=O)CC(N)C1c1ccccc1Br. The van der Waals surface area contributed by atoms with Crippen LogP contribution in [0.3, 0.4) is 0 Å². The molecule has 0 aliphatic carbocycles. The van der Waals surface area contributed by atoms with Gasteiger partial charge in [-0.1, -0.05) is 34.1 Å². The van der Waals surface area contributed by atoms with E-state index in [1.807, 2.05) is 49.9 Å². The molecular formula is C14H19BrN2O. The number of carbonyl (C=O) groups is 1. The number of hydrogen-bond donors (Lipinski definition) is 1. The Morgan fingerprint density at radius 2 is 1.94 bits per heavy atom. The number of benzene rings is 1. The van der Waals surface area contributed by atoms with E-state index in [1.54, 1.807) is 0 Å². The summed E-state index contributed by atoms with van der Waals surface area (Å²) in [4.78, 5) is 14.1. The maximum atomic E-state index is 12.2. The molecule has 1 fully saturated rings. The second kappa shape index (κ2) is 4.67. The molecule has 1 amide bonds. The van der Waals surface area contributed by atoms with Crippen molar-refractivity contribution in [1.82, 2.24) is 4.90 Å². The second-order valence-electron chi connectivity index (χ2n) is 5.77. The standard InChI is InChI=1S/C14H19BrN2O/c1-14(2,3)17-12(18)8-11(16)13(17)9-6-4-5-7-10(9)15/h4-7,11,13H,8,16H2,1-3H3. The first-order valence-corrected chi connectivity index (χ1v) is 6.94. The third-order valence-electron chi connectivity index (χ3n) is 3.31. The lowest BCUT2D eigenvalue weighted by Gasteiger charge is -2.38. The summed E-state index contributed by atoms with van der Waals surface area (Å²) in [5, 5.41) is 0. The van der Waals surface area contributed by atoms with Crippen molar-refractivity contribution in [3.63, 3.8) is 0 Å². The van der Waals surface area contributed by atoms with E-state index >= 15 is 0 Å². The van der Waals surface area contributed by atoms with E-state index in [4.69, 9.17) is 5.73 Å². The summed E-state index contributed by atoms with van der Waals surface area (Å²) in [5.74, 6) is 0.135. The Labute approximate surface area is 116 Å². The highest BCUT2D eigenvalue weighted by Crippen LogP contribution is 2.39. The normalized spacial score (nSPS) is 24.7. The molecule has 1 aliphatic heterocycles. The second-order valence-corrected chi connectivity index (χ2v) is 6.62. The maximum Gasteiger partial charge on any atom is 0.225 e. The Hall–Kier alpha value is -0.870. The molecule has 1 saturated heterocycles. The molecule has 1 aromatic carbocycles. The van der Waals surface area contributed by atoms with Crippen LogP contribution in [-0.4, -0.2) is 22.4 Å². The molecule has 0 aromatic heterocycles. The van der Waals surface area contributed by atoms with Gasteiger partial charge in [-0.25, -0.2) is 0 Å². The monoisotopic (exact) mass is 310 g/mol. The van der Waals surface area contributed by atoms with Gasteiger partial charge in [-0.3, -0.25) is 4.79 Å². The zero-order valence-corrected chi connectivity index (χ0v) is 12.6. The number of amides is 1. The zero-order valence-electron chi connectivity index (χ0n) is 11.0. The quantitative estimate of drug-likeness (QED) is 0.867. The molecule has 1 aliphatic rings. The van der Waals surface area contributed by atoms with Gasteiger partial charge >= 0.3 is 0 Å². The minimum Gasteiger partial charge on any atom is -0.329 e. The fourth-order valence-electron chi connectivity index (χ4n) is 2.63. The lowest BCUT2D eigenvalue weighted by Crippen LogP contribution is -2.45. The van der Waals surface area contributed by atoms with Gasteiger partial charge in [-0.2, -0.15) is 0 Å². The molecule has 2 rings (SSSR count). The number of hydrogen-bond acceptors (Lipinski definition) is 2. The summed E-state index contributed by atoms with van der Waals surface area (Å²) in [6.45, 7) is 6.15. The molecular weight excluding hydrogens is 292 g/mol. The number of halogens is 1. The fraction of sp³-hybridized carbons (Fsp3) is 0.500. The molecule has 3 nitrogen and oxygen atoms in total. The van der Waals surface area contributed by atoms with Crippen LogP contribution in [-0.2, 0) is 4.79 Å². The van der Waals surface area contributed by atoms with Crippen molar-refractivity contribution in [2.45, 2.75) is 44.8 Å². The highest BCUT2D eigenvalue weighted by molar-refractivity contribution is 9.10. The minimum absolute atomic E-state index is 0.0481. The summed E-state index contributed by atoms with van der Waals surface area (Å²) >= 11 is 3.55. The van der Waals surface area contributed by atoms with E-state index in [-0.39, 0.29) is 23.5 Å². The summed E-state index contributed by atoms with van der Waals surface area (Å²) in [6, 6.07) is 7.79. The van der Waals surface area contributed by atoms with Gasteiger partial charge in [0.05, 0.1) is 6.04 Å². The molecule has 0 saturated carbocycles. The average molecular weight is 311 g/mol. The first-order valence-electron chi connectivity index (χ1n) is 6.14. The molecule has 1 aromatic rings. The Bertz CT molecular complexity index is 467. The first kappa shape index (κ1) is 13.6. The van der Waals surface area contributed by atoms with Crippen LogP contribution in [0.2, 0.25) is 0 Å². The molecule has 0 spiro atoms. The Balaban J connectivity index is 2.47. The van der Waals surface area contributed by atoms with Gasteiger partial charge in [0.2, 0.25) is 5.91 Å². The van der Waals surface area contributed by atoms with Crippen molar-refractivity contribution in [3.8, 4) is 0 Å². The van der Waals surface area contributed by atoms with Crippen LogP contribution in [0.25, 0.3) is 0 Å². The molecule has 98 valence electrons. The van der Waals surface area contributed by atoms with Gasteiger partial charge in [0.25, 0.3) is 0 Å². The largest absolute Gasteiger partial charge is 0.329 e. The Kier molecular flexibility index (Phi) is 3.52. The zero-order chi connectivity index (χ0) is 13.5. The van der Waals surface area contributed by atoms with Crippen LogP contribution in [0.4, 0.5) is 0 Å². The molecule has 4 heteroatoms. The molecule has 2 N–H and O–H groups in total. The van der Waals surface area contributed by atoms with E-state index in [2.05, 4.69) is 15.9 Å². The number of rotatable bonds is 1. The van der Waals surface area contributed by atoms with Gasteiger partial charge in [-0.05, 0) is 32.4 Å². The first-order chi connectivity index (χ1) is 8.32. The summed E-state index contributed by atoms with van der Waals surface area (Å²) in [7, 11) is 0. The number of likely N-dealkylation sites (tertiary alicyclic amines) is 1. The van der Waals surface area contributed by atoms with Crippen LogP contribution in [0.15, 0.2) is 28.7 Å². The number of carbonyl (C=O) groups excluding carboxylic acids is 1. The lowest BCUT2D eigenvalue weighted by atomic mass is 9.97. The summed E-state index contributed by atoms with van der Waals surface area (Å²) in [6.07, 6.45) is 0.420. The van der Waals surface area contributed by atoms with Crippen LogP contribution in [0.5, 0.6) is 0 Å². The van der Waals surface area contributed by atoms with Crippen LogP contribution < -0.4 is 5.73 Å². The van der Waals surface area contributed by atoms with Crippen molar-refractivity contribution in [2.75, 3.05) is 0 Å². The Morgan fingerprint density at radius 3 is 2.50 bits per heavy atom. The van der Waals surface area contributed by atoms with E-state index in [1.165, 1.54) is 0 Å². The molecule has 18 heavy (non-hydrogen) atoms. The predicted octanol–water partition coefficient (Wildman–Crippen LogP) is 2.85. The fourth-order valence-corrected chi connectivity index (χ4v) is 3.15. The molecule has 2 atom stereocenters. The van der Waals surface area contributed by atoms with Crippen LogP contribution in [0, 0.1) is 0 Å². The van der Waals surface area contributed by atoms with Crippen molar-refractivity contribution >= 4 is 21.8 Å². The minimum atomic E-state index is -0.217. The van der Waals surface area contributed by atoms with Gasteiger partial charge in [0, 0.05) is 22.5 Å². The van der Waals surface area contributed by atoms with Crippen molar-refractivity contribution in [3.05, 3.63) is 34.3 Å². The number of nitrogens with zero attached hydrogens (tertiary/aromatic N) is 1. The summed E-state index contributed by atoms with van der Waals surface area (Å²) < 4.78 is 1.01. The van der Waals surface area contributed by atoms with Gasteiger partial charge in [-0.15, -0.1) is 0 Å². The van der Waals surface area contributed by atoms with E-state index in [9.17, 15) is 4.79 Å². The van der Waals surface area contributed by atoms with Crippen LogP contribution >= 0.6 is 15.9 Å². The lowest BCUT2D eigenvalue weighted by molar-refractivity contribution is -0.133. The molecule has 0 radical (unpaired) electrons. The molecule has 1 heterocycles. The number of nitrogens with two attached hydrogens (primary N) is 1. The van der Waals surface area contributed by atoms with E-state index in [0.717, 1.165) is 10.0 Å². The highest BCUT2D eigenvalue weighted by atomic mass is 79.9. The van der Waals surface area contributed by atoms with E-state index < -0.39 is 0 Å². The third kappa shape index (κ3) is 2.31. The topological polar surface area (TPSA) is 46.3 Å². The van der Waals surface area contributed by atoms with Crippen molar-refractivity contribution < 1.29 is 4.79 Å². The van der Waals surface area contributed by atoms with Crippen molar-refractivity contribution in [2.24, 2.45) is 5.73 Å². The van der Waals surface area contributed by atoms with Gasteiger partial charge in [0.1, 0.15) is 0 Å². The predicted molar refractivity (Wildman–Crippen MR) is 76.1 cm³/mol. The Morgan fingerprint density at radius 1 is 1.33 bits per heavy atom. The van der Waals surface area contributed by atoms with Gasteiger partial charge < -0.3 is 10.6 Å². The van der Waals surface area contributed by atoms with Crippen LogP contribution in [0.1, 0.15) is 38.8 Å².